The summed E-state index contributed by atoms with van der Waals surface area (Å²) in [7, 11) is -4.13. The number of nitrogens with two attached hydrogens (primary N) is 1. The van der Waals surface area contributed by atoms with Crippen LogP contribution in [0.25, 0.3) is 53.7 Å². The number of halogens is 12. The molecule has 8 aromatic carbocycles. The molecule has 3 unspecified atom stereocenters. The van der Waals surface area contributed by atoms with Crippen molar-refractivity contribution in [3.8, 4) is 88.8 Å². The first-order valence-electron chi connectivity index (χ1n) is 41.0. The van der Waals surface area contributed by atoms with Gasteiger partial charge in [-0.1, -0.05) is 112 Å². The normalized spacial score (nSPS) is 12.4. The molecule has 133 heavy (non-hydrogen) atoms. The summed E-state index contributed by atoms with van der Waals surface area (Å²) < 4.78 is 219. The number of hydrogen-bond acceptors (Lipinski definition) is 23. The van der Waals surface area contributed by atoms with E-state index in [1.807, 2.05) is 18.4 Å². The average Bonchev–Trinajstić information content (AvgIpc) is 1.71. The summed E-state index contributed by atoms with van der Waals surface area (Å²) in [6, 6.07) is 44.0. The number of amidine groups is 1. The highest BCUT2D eigenvalue weighted by Crippen LogP contribution is 2.42. The maximum absolute atomic E-state index is 12.9. The second-order valence-corrected chi connectivity index (χ2v) is 38.5. The lowest BCUT2D eigenvalue weighted by molar-refractivity contribution is -0.138. The number of nitriles is 2. The Bertz CT molecular complexity index is 6360. The predicted octanol–water partition coefficient (Wildman–Crippen LogP) is 25.1. The lowest BCUT2D eigenvalue weighted by Crippen LogP contribution is -2.16. The third-order valence-electron chi connectivity index (χ3n) is 19.8. The van der Waals surface area contributed by atoms with Crippen molar-refractivity contribution in [2.45, 2.75) is 175 Å². The molecule has 0 amide bonds. The van der Waals surface area contributed by atoms with Gasteiger partial charge in [0.25, 0.3) is 0 Å². The average molecular weight is 1990 g/mol. The first kappa shape index (κ1) is 104. The smallest absolute Gasteiger partial charge is 0.439 e. The van der Waals surface area contributed by atoms with Crippen LogP contribution in [-0.4, -0.2) is 78.8 Å². The summed E-state index contributed by atoms with van der Waals surface area (Å²) in [4.78, 5) is 38.1. The fourth-order valence-corrected chi connectivity index (χ4v) is 19.6. The molecule has 4 N–H and O–H groups in total. The molecule has 13 aromatic rings. The van der Waals surface area contributed by atoms with E-state index in [1.54, 1.807) is 66.7 Å². The van der Waals surface area contributed by atoms with Crippen LogP contribution in [-0.2, 0) is 109 Å². The number of H-pyrrole nitrogens is 1. The molecule has 0 fully saturated rings. The Morgan fingerprint density at radius 2 is 0.752 bits per heavy atom. The monoisotopic (exact) mass is 1990 g/mol. The molecule has 13 rings (SSSR count). The molecule has 0 saturated carbocycles. The van der Waals surface area contributed by atoms with Crippen LogP contribution in [0.5, 0.6) is 23.0 Å². The van der Waals surface area contributed by atoms with Gasteiger partial charge in [0.05, 0.1) is 123 Å². The van der Waals surface area contributed by atoms with Gasteiger partial charge in [0.1, 0.15) is 81.6 Å². The highest BCUT2D eigenvalue weighted by molar-refractivity contribution is 7.98. The molecule has 0 aliphatic heterocycles. The van der Waals surface area contributed by atoms with Gasteiger partial charge in [0.2, 0.25) is 0 Å². The number of alkyl halides is 12. The second kappa shape index (κ2) is 48.0. The predicted molar refractivity (Wildman–Crippen MR) is 495 cm³/mol. The number of aromatic nitrogens is 6. The van der Waals surface area contributed by atoms with Gasteiger partial charge in [-0.15, -0.1) is 57.1 Å². The van der Waals surface area contributed by atoms with Crippen molar-refractivity contribution in [3.63, 3.8) is 0 Å². The van der Waals surface area contributed by atoms with E-state index in [4.69, 9.17) is 45.4 Å². The number of benzene rings is 8. The van der Waals surface area contributed by atoms with E-state index in [-0.39, 0.29) is 31.5 Å². The van der Waals surface area contributed by atoms with E-state index in [0.717, 1.165) is 173 Å². The summed E-state index contributed by atoms with van der Waals surface area (Å²) in [6.07, 6.45) is -0.522. The SMILES string of the molecule is CCCCc1nc(-c2ccc(C(F)(F)F)cc2)sc1COc1ccc(-c2noc(=O)[nH]2)c(S(C)=O)c1.CCCCc1nc(-c2ccc(C(F)(F)F)cc2)sc1COc1ccc(C#N)c(S(C)=O)c1.CCCCc1nc(-c2ccc(C(F)(F)F)cc2)sc1COc1ccc(C#N)c(SC)c1.CCCCc1nc(-c2ccc(C(F)(F)F)cc2)sc1COc1ccc(C(N)=NO)c(S(C)=O)c1. The standard InChI is InChI=1S/C24H22F3N3O4S2.C23H24F3N3O3S2.C23H21F3N2O2S2.C23H21F3N2OS2/c1-3-4-5-18-19(35-22(28-18)14-6-8-15(9-7-14)24(25,26)27)13-33-16-10-11-17(20(12-16)36(2)32)21-29-23(31)34-30-21;1-3-4-5-18-19(33-22(28-18)14-6-8-15(9-7-14)23(24,25)26)13-32-16-10-11-17(21(27)29-30)20(12-16)34(2)31;1-3-4-5-19-20(14-30-18-11-8-16(13-27)21(12-18)32(2)29)31-22(28-19)15-6-9-17(10-7-15)23(24,25)26;1-3-4-5-19-21(14-29-18-11-8-16(13-27)20(12-18)30-2)31-22(28-19)15-6-9-17(10-7-15)23(24,25)26/h6-12H,3-5,13H2,1-2H3,(H,29,30,31);6-12,30H,3-5,13H2,1-2H3,(H2,27,29);6-12H,3-5,14H2,1-2H3;6-12H,3-5,14H2,1-2H3. The minimum absolute atomic E-state index is 0.151. The largest absolute Gasteiger partial charge is 0.488 e. The van der Waals surface area contributed by atoms with Crippen LogP contribution in [0.4, 0.5) is 52.7 Å². The fraction of sp³-hybridized carbons (Fsp3) is 0.301. The number of thioether (sulfide) groups is 1. The van der Waals surface area contributed by atoms with E-state index in [9.17, 15) is 70.1 Å². The van der Waals surface area contributed by atoms with Crippen molar-refractivity contribution < 1.29 is 94.0 Å². The Kier molecular flexibility index (Phi) is 37.4. The third kappa shape index (κ3) is 29.1. The third-order valence-corrected chi connectivity index (χ3v) is 27.9. The van der Waals surface area contributed by atoms with Crippen LogP contribution in [0.15, 0.2) is 204 Å². The molecule has 20 nitrogen and oxygen atoms in total. The minimum atomic E-state index is -4.40. The molecule has 0 aliphatic rings. The molecule has 0 saturated heterocycles. The van der Waals surface area contributed by atoms with Crippen LogP contribution in [0.3, 0.4) is 0 Å². The number of unbranched alkanes of at least 4 members (excludes halogenated alkanes) is 4. The van der Waals surface area contributed by atoms with Gasteiger partial charge in [0.15, 0.2) is 11.7 Å². The molecule has 3 atom stereocenters. The van der Waals surface area contributed by atoms with Crippen molar-refractivity contribution >= 4 is 95.3 Å². The number of hydrogen-bond donors (Lipinski definition) is 3. The van der Waals surface area contributed by atoms with Gasteiger partial charge in [-0.3, -0.25) is 22.1 Å². The summed E-state index contributed by atoms with van der Waals surface area (Å²) in [5.74, 6) is 1.36. The first-order chi connectivity index (χ1) is 63.4. The molecular weight excluding hydrogens is 1900 g/mol. The molecule has 702 valence electrons. The van der Waals surface area contributed by atoms with Crippen LogP contribution >= 0.6 is 57.1 Å². The number of oxime groups is 1. The first-order valence-corrected chi connectivity index (χ1v) is 50.1. The quantitative estimate of drug-likeness (QED) is 0.00843. The lowest BCUT2D eigenvalue weighted by atomic mass is 10.1. The highest BCUT2D eigenvalue weighted by Gasteiger charge is 2.34. The van der Waals surface area contributed by atoms with Gasteiger partial charge < -0.3 is 29.9 Å². The maximum Gasteiger partial charge on any atom is 0.439 e. The van der Waals surface area contributed by atoms with Gasteiger partial charge in [0, 0.05) is 57.0 Å². The van der Waals surface area contributed by atoms with Crippen molar-refractivity contribution in [2.24, 2.45) is 10.9 Å². The Morgan fingerprint density at radius 1 is 0.451 bits per heavy atom. The van der Waals surface area contributed by atoms with E-state index < -0.39 is 85.1 Å². The fourth-order valence-electron chi connectivity index (χ4n) is 12.7. The van der Waals surface area contributed by atoms with Gasteiger partial charge >= 0.3 is 30.5 Å². The van der Waals surface area contributed by atoms with Gasteiger partial charge in [-0.25, -0.2) is 24.7 Å². The molecule has 0 aliphatic carbocycles. The summed E-state index contributed by atoms with van der Waals surface area (Å²) in [5.41, 5.74) is 10.6. The topological polar surface area (TPSA) is 305 Å². The minimum Gasteiger partial charge on any atom is -0.488 e. The summed E-state index contributed by atoms with van der Waals surface area (Å²) in [6.45, 7) is 9.21. The number of thiazole rings is 4. The van der Waals surface area contributed by atoms with E-state index in [2.05, 4.69) is 68.5 Å². The Labute approximate surface area is 786 Å². The van der Waals surface area contributed by atoms with E-state index in [1.165, 1.54) is 124 Å². The van der Waals surface area contributed by atoms with E-state index >= 15 is 0 Å². The molecule has 5 heterocycles. The highest BCUT2D eigenvalue weighted by atomic mass is 32.2. The Hall–Kier alpha value is -11.4. The van der Waals surface area contributed by atoms with Crippen molar-refractivity contribution in [3.05, 3.63) is 262 Å². The van der Waals surface area contributed by atoms with Gasteiger partial charge in [-0.2, -0.15) is 63.2 Å². The lowest BCUT2D eigenvalue weighted by Gasteiger charge is -2.10. The molecule has 0 radical (unpaired) electrons. The number of rotatable bonds is 34. The zero-order valence-electron chi connectivity index (χ0n) is 72.6. The Balaban J connectivity index is 0.000000184. The van der Waals surface area contributed by atoms with Crippen molar-refractivity contribution in [2.75, 3.05) is 25.0 Å². The number of nitrogens with one attached hydrogen (secondary N) is 1. The molecule has 40 heteroatoms. The maximum atomic E-state index is 12.9. The number of aromatic amines is 1. The van der Waals surface area contributed by atoms with Gasteiger partial charge in [-0.05, 0) is 179 Å². The molecule has 0 bridgehead atoms. The number of aryl methyl sites for hydroxylation is 4. The van der Waals surface area contributed by atoms with Crippen LogP contribution in [0.2, 0.25) is 0 Å². The van der Waals surface area contributed by atoms with Crippen LogP contribution in [0.1, 0.15) is 160 Å². The Morgan fingerprint density at radius 3 is 1.04 bits per heavy atom. The van der Waals surface area contributed by atoms with Crippen molar-refractivity contribution in [1.82, 2.24) is 30.1 Å². The van der Waals surface area contributed by atoms with Crippen molar-refractivity contribution in [1.29, 1.82) is 10.5 Å². The number of nitrogens with zero attached hydrogens (tertiary/aromatic N) is 8. The summed E-state index contributed by atoms with van der Waals surface area (Å²) in [5, 5.41) is 36.5. The second-order valence-electron chi connectivity index (χ2n) is 29.3. The summed E-state index contributed by atoms with van der Waals surface area (Å²) >= 11 is 7.04. The zero-order chi connectivity index (χ0) is 96.5. The van der Waals surface area contributed by atoms with Crippen LogP contribution < -0.4 is 30.4 Å². The van der Waals surface area contributed by atoms with Crippen LogP contribution in [0, 0.1) is 22.7 Å². The molecular formula is C93H88F12N10O10S8. The molecule has 5 aromatic heterocycles. The zero-order valence-corrected chi connectivity index (χ0v) is 79.1. The molecule has 0 spiro atoms. The number of ether oxygens (including phenoxy) is 4. The van der Waals surface area contributed by atoms with E-state index in [0.29, 0.717) is 109 Å².